The van der Waals surface area contributed by atoms with Crippen molar-refractivity contribution in [1.82, 2.24) is 0 Å². The van der Waals surface area contributed by atoms with Crippen LogP contribution >= 0.6 is 0 Å². The van der Waals surface area contributed by atoms with Crippen molar-refractivity contribution in [1.29, 1.82) is 0 Å². The molecule has 0 N–H and O–H groups in total. The van der Waals surface area contributed by atoms with E-state index in [1.165, 1.54) is 28.8 Å². The van der Waals surface area contributed by atoms with Gasteiger partial charge in [0.25, 0.3) is 0 Å². The summed E-state index contributed by atoms with van der Waals surface area (Å²) in [6.45, 7) is 0. The van der Waals surface area contributed by atoms with Crippen LogP contribution in [-0.4, -0.2) is 19.3 Å². The van der Waals surface area contributed by atoms with Crippen molar-refractivity contribution < 1.29 is 9.53 Å². The Hall–Kier alpha value is -2.94. The fourth-order valence-electron chi connectivity index (χ4n) is 3.25. The van der Waals surface area contributed by atoms with Crippen LogP contribution in [-0.2, 0) is 16.0 Å². The van der Waals surface area contributed by atoms with Crippen LogP contribution in [0.25, 0.3) is 27.6 Å². The molecule has 3 nitrogen and oxygen atoms in total. The third-order valence-electron chi connectivity index (χ3n) is 4.29. The molecule has 0 bridgehead atoms. The highest BCUT2D eigenvalue weighted by Gasteiger charge is 2.17. The summed E-state index contributed by atoms with van der Waals surface area (Å²) in [6, 6.07) is 16.7. The lowest BCUT2D eigenvalue weighted by Gasteiger charge is -2.13. The number of aliphatic imine (C=N–C) groups is 1. The highest BCUT2D eigenvalue weighted by atomic mass is 16.5. The van der Waals surface area contributed by atoms with Crippen LogP contribution in [0.5, 0.6) is 0 Å². The van der Waals surface area contributed by atoms with Gasteiger partial charge in [-0.1, -0.05) is 48.5 Å². The Kier molecular flexibility index (Phi) is 3.19. The highest BCUT2D eigenvalue weighted by Crippen LogP contribution is 2.35. The smallest absolute Gasteiger partial charge is 0.356 e. The molecule has 0 amide bonds. The maximum absolute atomic E-state index is 11.9. The van der Waals surface area contributed by atoms with E-state index < -0.39 is 5.97 Å². The number of carbonyl (C=O) groups excluding carboxylic acids is 1. The molecule has 0 atom stereocenters. The first kappa shape index (κ1) is 13.7. The second-order valence-corrected chi connectivity index (χ2v) is 5.52. The van der Waals surface area contributed by atoms with Gasteiger partial charge in [-0.05, 0) is 38.7 Å². The molecule has 3 heteroatoms. The van der Waals surface area contributed by atoms with Crippen LogP contribution in [0, 0.1) is 0 Å². The Labute approximate surface area is 133 Å². The zero-order valence-corrected chi connectivity index (χ0v) is 12.7. The van der Waals surface area contributed by atoms with E-state index in [-0.39, 0.29) is 0 Å². The summed E-state index contributed by atoms with van der Waals surface area (Å²) >= 11 is 0. The predicted octanol–water partition coefficient (Wildman–Crippen LogP) is 4.13. The van der Waals surface area contributed by atoms with Gasteiger partial charge in [0.1, 0.15) is 5.70 Å². The molecule has 0 aromatic heterocycles. The lowest BCUT2D eigenvalue weighted by atomic mass is 9.90. The molecule has 0 radical (unpaired) electrons. The Morgan fingerprint density at radius 1 is 0.957 bits per heavy atom. The quantitative estimate of drug-likeness (QED) is 0.500. The second-order valence-electron chi connectivity index (χ2n) is 5.52. The van der Waals surface area contributed by atoms with Crippen LogP contribution in [0.3, 0.4) is 0 Å². The maximum atomic E-state index is 11.9. The Morgan fingerprint density at radius 3 is 2.26 bits per heavy atom. The van der Waals surface area contributed by atoms with Gasteiger partial charge in [0.15, 0.2) is 0 Å². The zero-order valence-electron chi connectivity index (χ0n) is 12.7. The lowest BCUT2D eigenvalue weighted by molar-refractivity contribution is -0.136. The summed E-state index contributed by atoms with van der Waals surface area (Å²) in [4.78, 5) is 16.2. The molecule has 1 heterocycles. The summed E-state index contributed by atoms with van der Waals surface area (Å²) in [7, 11) is 1.38. The normalized spacial score (nSPS) is 13.5. The molecular weight excluding hydrogens is 286 g/mol. The van der Waals surface area contributed by atoms with Crippen LogP contribution in [0.2, 0.25) is 0 Å². The lowest BCUT2D eigenvalue weighted by Crippen LogP contribution is -2.02. The van der Waals surface area contributed by atoms with Crippen molar-refractivity contribution in [2.75, 3.05) is 7.11 Å². The standard InChI is InChI=1S/C20H15NO2/c1-23-20(22)19-12-18-16-9-5-4-7-14(16)13-6-2-3-8-15(13)17(18)10-11-21-19/h2-9,11-12H,10H2,1H3. The first-order valence-electron chi connectivity index (χ1n) is 7.54. The Morgan fingerprint density at radius 2 is 1.57 bits per heavy atom. The topological polar surface area (TPSA) is 38.7 Å². The van der Waals surface area contributed by atoms with Crippen molar-refractivity contribution in [3.63, 3.8) is 0 Å². The zero-order chi connectivity index (χ0) is 15.8. The molecule has 1 aliphatic heterocycles. The van der Waals surface area contributed by atoms with Gasteiger partial charge in [0, 0.05) is 12.6 Å². The van der Waals surface area contributed by atoms with E-state index in [9.17, 15) is 4.79 Å². The largest absolute Gasteiger partial charge is 0.464 e. The molecule has 4 rings (SSSR count). The van der Waals surface area contributed by atoms with E-state index in [1.54, 1.807) is 6.21 Å². The molecule has 0 saturated carbocycles. The minimum absolute atomic E-state index is 0.340. The monoisotopic (exact) mass is 301 g/mol. The van der Waals surface area contributed by atoms with Gasteiger partial charge in [-0.15, -0.1) is 0 Å². The molecule has 3 aromatic rings. The number of rotatable bonds is 1. The summed E-state index contributed by atoms with van der Waals surface area (Å²) in [5.41, 5.74) is 2.59. The Balaban J connectivity index is 2.16. The van der Waals surface area contributed by atoms with Crippen LogP contribution in [0.1, 0.15) is 11.1 Å². The molecule has 0 fully saturated rings. The van der Waals surface area contributed by atoms with E-state index in [0.717, 1.165) is 10.9 Å². The van der Waals surface area contributed by atoms with E-state index in [4.69, 9.17) is 4.74 Å². The molecule has 112 valence electrons. The van der Waals surface area contributed by atoms with Crippen LogP contribution < -0.4 is 0 Å². The third kappa shape index (κ3) is 2.13. The number of benzene rings is 3. The van der Waals surface area contributed by atoms with E-state index in [1.807, 2.05) is 24.3 Å². The van der Waals surface area contributed by atoms with Gasteiger partial charge in [0.05, 0.1) is 7.11 Å². The first-order valence-corrected chi connectivity index (χ1v) is 7.54. The Bertz CT molecular complexity index is 999. The summed E-state index contributed by atoms with van der Waals surface area (Å²) in [5.74, 6) is -0.411. The van der Waals surface area contributed by atoms with Gasteiger partial charge in [-0.25, -0.2) is 4.79 Å². The number of hydrogen-bond donors (Lipinski definition) is 0. The van der Waals surface area contributed by atoms with E-state index in [0.29, 0.717) is 12.1 Å². The molecule has 0 aliphatic carbocycles. The maximum Gasteiger partial charge on any atom is 0.356 e. The van der Waals surface area contributed by atoms with Gasteiger partial charge in [-0.3, -0.25) is 4.99 Å². The molecular formula is C20H15NO2. The van der Waals surface area contributed by atoms with Crippen molar-refractivity contribution in [2.24, 2.45) is 4.99 Å². The fraction of sp³-hybridized carbons (Fsp3) is 0.100. The van der Waals surface area contributed by atoms with Crippen molar-refractivity contribution >= 4 is 39.8 Å². The molecule has 1 aliphatic rings. The fourth-order valence-corrected chi connectivity index (χ4v) is 3.25. The van der Waals surface area contributed by atoms with Gasteiger partial charge >= 0.3 is 5.97 Å². The summed E-state index contributed by atoms with van der Waals surface area (Å²) in [6.07, 6.45) is 4.33. The van der Waals surface area contributed by atoms with Crippen molar-refractivity contribution in [3.05, 3.63) is 65.4 Å². The molecule has 0 unspecified atom stereocenters. The summed E-state index contributed by atoms with van der Waals surface area (Å²) < 4.78 is 4.84. The van der Waals surface area contributed by atoms with Gasteiger partial charge in [-0.2, -0.15) is 0 Å². The van der Waals surface area contributed by atoms with E-state index in [2.05, 4.69) is 35.3 Å². The minimum Gasteiger partial charge on any atom is -0.464 e. The number of ether oxygens (including phenoxy) is 1. The van der Waals surface area contributed by atoms with Crippen molar-refractivity contribution in [3.8, 4) is 0 Å². The number of fused-ring (bicyclic) bond motifs is 6. The first-order chi connectivity index (χ1) is 11.3. The SMILES string of the molecule is COC(=O)C1=Cc2c(c3ccccc3c3ccccc23)CC=N1. The van der Waals surface area contributed by atoms with Gasteiger partial charge < -0.3 is 4.74 Å². The molecule has 0 saturated heterocycles. The average molecular weight is 301 g/mol. The molecule has 3 aromatic carbocycles. The number of nitrogens with zero attached hydrogens (tertiary/aromatic N) is 1. The molecule has 23 heavy (non-hydrogen) atoms. The van der Waals surface area contributed by atoms with Crippen LogP contribution in [0.4, 0.5) is 0 Å². The third-order valence-corrected chi connectivity index (χ3v) is 4.29. The van der Waals surface area contributed by atoms with E-state index >= 15 is 0 Å². The average Bonchev–Trinajstić information content (AvgIpc) is 2.84. The number of esters is 1. The summed E-state index contributed by atoms with van der Waals surface area (Å²) in [5, 5.41) is 4.75. The highest BCUT2D eigenvalue weighted by molar-refractivity contribution is 6.14. The van der Waals surface area contributed by atoms with Crippen LogP contribution in [0.15, 0.2) is 59.2 Å². The minimum atomic E-state index is -0.411. The second kappa shape index (κ2) is 5.36. The van der Waals surface area contributed by atoms with Crippen molar-refractivity contribution in [2.45, 2.75) is 6.42 Å². The van der Waals surface area contributed by atoms with Gasteiger partial charge in [0.2, 0.25) is 0 Å². The molecule has 0 spiro atoms. The number of carbonyl (C=O) groups is 1. The number of hydrogen-bond acceptors (Lipinski definition) is 3. The predicted molar refractivity (Wildman–Crippen MR) is 93.6 cm³/mol. The number of methoxy groups -OCH3 is 1.